The van der Waals surface area contributed by atoms with Gasteiger partial charge >= 0.3 is 5.97 Å². The van der Waals surface area contributed by atoms with Crippen LogP contribution in [-0.2, 0) is 27.2 Å². The van der Waals surface area contributed by atoms with Crippen molar-refractivity contribution in [2.24, 2.45) is 15.9 Å². The van der Waals surface area contributed by atoms with Gasteiger partial charge in [-0.25, -0.2) is 4.99 Å². The summed E-state index contributed by atoms with van der Waals surface area (Å²) in [6, 6.07) is -0.232. The van der Waals surface area contributed by atoms with Crippen LogP contribution in [0.1, 0.15) is 99.9 Å². The van der Waals surface area contributed by atoms with Gasteiger partial charge in [-0.3, -0.25) is 14.6 Å². The second-order valence-electron chi connectivity index (χ2n) is 13.3. The Bertz CT molecular complexity index is 1940. The van der Waals surface area contributed by atoms with Crippen LogP contribution in [0.15, 0.2) is 38.0 Å². The van der Waals surface area contributed by atoms with E-state index in [0.29, 0.717) is 19.3 Å². The molecule has 6 rings (SSSR count). The molecule has 4 aliphatic rings. The first-order chi connectivity index (χ1) is 22.6. The number of aliphatic imine (C=N–C) groups is 2. The monoisotopic (exact) mass is 635 g/mol. The van der Waals surface area contributed by atoms with Crippen molar-refractivity contribution in [3.05, 3.63) is 72.3 Å². The van der Waals surface area contributed by atoms with Crippen LogP contribution in [0.5, 0.6) is 0 Å². The highest BCUT2D eigenvalue weighted by Crippen LogP contribution is 2.45. The predicted octanol–water partition coefficient (Wildman–Crippen LogP) is 5.26. The second kappa shape index (κ2) is 13.2. The molecule has 0 aromatic carbocycles. The minimum Gasteiger partial charge on any atom is -0.469 e. The number of aromatic amines is 2. The highest BCUT2D eigenvalue weighted by Gasteiger charge is 2.43. The molecular weight excluding hydrogens is 586 g/mol. The van der Waals surface area contributed by atoms with Crippen molar-refractivity contribution in [1.29, 1.82) is 0 Å². The molecule has 2 aromatic rings. The van der Waals surface area contributed by atoms with E-state index in [1.54, 1.807) is 0 Å². The molecule has 1 aliphatic carbocycles. The van der Waals surface area contributed by atoms with E-state index >= 15 is 0 Å². The van der Waals surface area contributed by atoms with Gasteiger partial charge in [0.25, 0.3) is 0 Å². The fraction of sp³-hybridized carbons (Fsp3) is 0.487. The summed E-state index contributed by atoms with van der Waals surface area (Å²) in [6.45, 7) is 13.9. The Labute approximate surface area is 278 Å². The van der Waals surface area contributed by atoms with Gasteiger partial charge in [0.2, 0.25) is 0 Å². The van der Waals surface area contributed by atoms with Crippen LogP contribution < -0.4 is 16.0 Å². The van der Waals surface area contributed by atoms with Crippen molar-refractivity contribution in [1.82, 2.24) is 15.3 Å². The molecule has 3 aliphatic heterocycles. The van der Waals surface area contributed by atoms with E-state index < -0.39 is 0 Å². The van der Waals surface area contributed by atoms with E-state index in [1.807, 2.05) is 14.0 Å². The molecule has 2 aromatic heterocycles. The van der Waals surface area contributed by atoms with E-state index in [2.05, 4.69) is 62.1 Å². The standard InChI is InChI=1S/C39H49N5O3/c1-9-23(14-15-40-7)36-32-16-24(12-13-34(46)47-8)38(44-32)27-17-33(45)35-22(6)29(42-39(27)35)19-30-25(10-2)20(4)28(41-30)18-31-26(11-3)21(5)37(36)43-31/h18-19,24,38,40-41,43H,9-17H2,1-8H3/b28-18-,30-19-,36-23+. The molecule has 8 heteroatoms. The molecule has 248 valence electrons. The van der Waals surface area contributed by atoms with Gasteiger partial charge in [0.05, 0.1) is 30.3 Å². The van der Waals surface area contributed by atoms with Gasteiger partial charge in [-0.2, -0.15) is 0 Å². The maximum Gasteiger partial charge on any atom is 0.305 e. The molecule has 0 radical (unpaired) electrons. The fourth-order valence-corrected chi connectivity index (χ4v) is 8.20. The topological polar surface area (TPSA) is 112 Å². The highest BCUT2D eigenvalue weighted by molar-refractivity contribution is 6.28. The molecule has 0 amide bonds. The summed E-state index contributed by atoms with van der Waals surface area (Å²) >= 11 is 0. The Hall–Kier alpha value is -4.04. The van der Waals surface area contributed by atoms with Gasteiger partial charge in [0.15, 0.2) is 5.78 Å². The molecule has 47 heavy (non-hydrogen) atoms. The Morgan fingerprint density at radius 1 is 1.02 bits per heavy atom. The average molecular weight is 636 g/mol. The van der Waals surface area contributed by atoms with E-state index in [0.717, 1.165) is 94.6 Å². The number of hydrogen-bond donors (Lipinski definition) is 3. The summed E-state index contributed by atoms with van der Waals surface area (Å²) in [5.41, 5.74) is 15.2. The lowest BCUT2D eigenvalue weighted by Gasteiger charge is -2.19. The Morgan fingerprint density at radius 2 is 1.79 bits per heavy atom. The van der Waals surface area contributed by atoms with Crippen LogP contribution in [0.4, 0.5) is 0 Å². The largest absolute Gasteiger partial charge is 0.469 e. The molecule has 5 heterocycles. The van der Waals surface area contributed by atoms with Gasteiger partial charge in [-0.1, -0.05) is 26.3 Å². The number of rotatable bonds is 9. The number of nitrogens with zero attached hydrogens (tertiary/aromatic N) is 2. The molecule has 0 spiro atoms. The maximum absolute atomic E-state index is 13.7. The number of hydrogen-bond acceptors (Lipinski definition) is 6. The summed E-state index contributed by atoms with van der Waals surface area (Å²) in [7, 11) is 3.44. The number of aromatic nitrogens is 2. The molecule has 0 saturated heterocycles. The number of allylic oxidation sites excluding steroid dienone is 3. The van der Waals surface area contributed by atoms with Gasteiger partial charge < -0.3 is 20.0 Å². The first-order valence-electron chi connectivity index (χ1n) is 17.3. The van der Waals surface area contributed by atoms with Crippen LogP contribution in [-0.4, -0.2) is 59.9 Å². The molecule has 2 atom stereocenters. The molecule has 0 fully saturated rings. The summed E-state index contributed by atoms with van der Waals surface area (Å²) in [5.74, 6) is -0.0515. The summed E-state index contributed by atoms with van der Waals surface area (Å²) < 4.78 is 5.05. The van der Waals surface area contributed by atoms with Crippen molar-refractivity contribution in [3.63, 3.8) is 0 Å². The zero-order valence-corrected chi connectivity index (χ0v) is 29.3. The van der Waals surface area contributed by atoms with Crippen LogP contribution >= 0.6 is 0 Å². The first-order valence-corrected chi connectivity index (χ1v) is 17.3. The third kappa shape index (κ3) is 5.64. The van der Waals surface area contributed by atoms with Crippen LogP contribution in [0, 0.1) is 19.8 Å². The third-order valence-corrected chi connectivity index (χ3v) is 10.8. The smallest absolute Gasteiger partial charge is 0.305 e. The lowest BCUT2D eigenvalue weighted by atomic mass is 9.85. The van der Waals surface area contributed by atoms with Crippen molar-refractivity contribution in [2.75, 3.05) is 20.7 Å². The number of carbonyl (C=O) groups is 2. The molecule has 2 unspecified atom stereocenters. The normalized spacial score (nSPS) is 22.7. The number of methoxy groups -OCH3 is 1. The van der Waals surface area contributed by atoms with E-state index in [-0.39, 0.29) is 23.7 Å². The number of ketones is 1. The van der Waals surface area contributed by atoms with Gasteiger partial charge in [-0.15, -0.1) is 0 Å². The Balaban J connectivity index is 1.69. The van der Waals surface area contributed by atoms with Gasteiger partial charge in [0, 0.05) is 46.1 Å². The highest BCUT2D eigenvalue weighted by atomic mass is 16.5. The quantitative estimate of drug-likeness (QED) is 0.327. The van der Waals surface area contributed by atoms with Crippen molar-refractivity contribution >= 4 is 40.9 Å². The number of Topliss-reactive ketones (excluding diaryl/α,β-unsaturated/α-hetero) is 1. The Morgan fingerprint density at radius 3 is 2.47 bits per heavy atom. The predicted molar refractivity (Wildman–Crippen MR) is 190 cm³/mol. The van der Waals surface area contributed by atoms with Crippen LogP contribution in [0.2, 0.25) is 0 Å². The number of ether oxygens (including phenoxy) is 1. The summed E-state index contributed by atoms with van der Waals surface area (Å²) in [6.07, 6.45) is 9.96. The number of fused-ring (bicyclic) bond motifs is 6. The minimum absolute atomic E-state index is 0.0576. The van der Waals surface area contributed by atoms with Gasteiger partial charge in [-0.05, 0) is 124 Å². The zero-order chi connectivity index (χ0) is 33.6. The van der Waals surface area contributed by atoms with Crippen molar-refractivity contribution in [2.45, 2.75) is 99.0 Å². The van der Waals surface area contributed by atoms with Crippen molar-refractivity contribution in [3.8, 4) is 0 Å². The molecule has 0 saturated carbocycles. The first kappa shape index (κ1) is 32.9. The number of H-pyrrole nitrogens is 2. The van der Waals surface area contributed by atoms with E-state index in [1.165, 1.54) is 40.5 Å². The summed E-state index contributed by atoms with van der Waals surface area (Å²) in [5, 5.41) is 5.47. The van der Waals surface area contributed by atoms with Crippen LogP contribution in [0.25, 0.3) is 17.7 Å². The number of esters is 1. The summed E-state index contributed by atoms with van der Waals surface area (Å²) in [4.78, 5) is 44.4. The zero-order valence-electron chi connectivity index (χ0n) is 29.3. The minimum atomic E-state index is -0.232. The van der Waals surface area contributed by atoms with Crippen LogP contribution in [0.3, 0.4) is 0 Å². The molecular formula is C39H49N5O3. The lowest BCUT2D eigenvalue weighted by molar-refractivity contribution is -0.141. The number of nitrogens with one attached hydrogen (secondary N) is 3. The van der Waals surface area contributed by atoms with E-state index in [4.69, 9.17) is 14.7 Å². The SMILES string of the molecule is CC/C(CCNC)=C1/C2=NC(C3=C4N=C(/C=c5\[nH]/c(c(C)c5CC)=C\c5[nH]c1c(C)c5CC)C(C)=C4C(=O)C3)C(CCC(=O)OC)C2. The van der Waals surface area contributed by atoms with Crippen molar-refractivity contribution < 1.29 is 14.3 Å². The Kier molecular flexibility index (Phi) is 9.25. The average Bonchev–Trinajstić information content (AvgIpc) is 3.84. The number of carbonyl (C=O) groups excluding carboxylic acids is 2. The maximum atomic E-state index is 13.7. The lowest BCUT2D eigenvalue weighted by Crippen LogP contribution is -2.19. The van der Waals surface area contributed by atoms with Gasteiger partial charge in [0.1, 0.15) is 0 Å². The molecule has 8 nitrogen and oxygen atoms in total. The van der Waals surface area contributed by atoms with E-state index in [9.17, 15) is 9.59 Å². The molecule has 3 N–H and O–H groups in total. The molecule has 8 bridgehead atoms. The third-order valence-electron chi connectivity index (χ3n) is 10.8. The fourth-order valence-electron chi connectivity index (χ4n) is 8.20. The second-order valence-corrected chi connectivity index (χ2v) is 13.3.